The molecule has 0 aromatic heterocycles. The predicted molar refractivity (Wildman–Crippen MR) is 105 cm³/mol. The van der Waals surface area contributed by atoms with Crippen LogP contribution < -0.4 is 0 Å². The third-order valence-corrected chi connectivity index (χ3v) is 3.95. The summed E-state index contributed by atoms with van der Waals surface area (Å²) in [6, 6.07) is 0. The molecule has 2 atom stereocenters. The van der Waals surface area contributed by atoms with E-state index in [-0.39, 0.29) is 23.0 Å². The van der Waals surface area contributed by atoms with E-state index in [0.717, 1.165) is 12.8 Å². The van der Waals surface area contributed by atoms with Gasteiger partial charge in [0.2, 0.25) is 0 Å². The molecule has 0 radical (unpaired) electrons. The zero-order valence-electron chi connectivity index (χ0n) is 16.7. The van der Waals surface area contributed by atoms with E-state index in [2.05, 4.69) is 80.7 Å². The molecule has 0 aromatic rings. The molecule has 23 heavy (non-hydrogen) atoms. The van der Waals surface area contributed by atoms with Gasteiger partial charge in [-0.2, -0.15) is 0 Å². The van der Waals surface area contributed by atoms with E-state index in [4.69, 9.17) is 4.74 Å². The van der Waals surface area contributed by atoms with Crippen molar-refractivity contribution in [3.05, 3.63) is 48.6 Å². The van der Waals surface area contributed by atoms with Gasteiger partial charge in [-0.1, -0.05) is 63.1 Å². The second-order valence-electron chi connectivity index (χ2n) is 8.49. The summed E-state index contributed by atoms with van der Waals surface area (Å²) in [5, 5.41) is 0. The Morgan fingerprint density at radius 3 is 1.30 bits per heavy atom. The van der Waals surface area contributed by atoms with Gasteiger partial charge in [-0.25, -0.2) is 0 Å². The minimum atomic E-state index is 0.0556. The lowest BCUT2D eigenvalue weighted by atomic mass is 9.85. The maximum atomic E-state index is 6.50. The van der Waals surface area contributed by atoms with Gasteiger partial charge in [-0.05, 0) is 51.4 Å². The van der Waals surface area contributed by atoms with Crippen molar-refractivity contribution < 1.29 is 4.74 Å². The minimum absolute atomic E-state index is 0.0556. The van der Waals surface area contributed by atoms with Crippen LogP contribution in [0.2, 0.25) is 0 Å². The fourth-order valence-electron chi connectivity index (χ4n) is 2.46. The highest BCUT2D eigenvalue weighted by molar-refractivity contribution is 5.06. The van der Waals surface area contributed by atoms with Crippen molar-refractivity contribution in [2.45, 2.75) is 80.4 Å². The molecule has 0 amide bonds. The van der Waals surface area contributed by atoms with Crippen molar-refractivity contribution >= 4 is 0 Å². The van der Waals surface area contributed by atoms with Crippen LogP contribution in [0.5, 0.6) is 0 Å². The van der Waals surface area contributed by atoms with Crippen LogP contribution in [0, 0.1) is 10.8 Å². The first-order chi connectivity index (χ1) is 10.4. The first kappa shape index (κ1) is 21.9. The Morgan fingerprint density at radius 1 is 0.783 bits per heavy atom. The Morgan fingerprint density at radius 2 is 1.09 bits per heavy atom. The molecule has 0 saturated carbocycles. The summed E-state index contributed by atoms with van der Waals surface area (Å²) < 4.78 is 6.50. The van der Waals surface area contributed by atoms with Gasteiger partial charge in [0, 0.05) is 0 Å². The second kappa shape index (κ2) is 9.27. The number of hydrogen-bond acceptors (Lipinski definition) is 1. The number of ether oxygens (including phenoxy) is 1. The Hall–Kier alpha value is -1.08. The lowest BCUT2D eigenvalue weighted by molar-refractivity contribution is 0.00643. The molecule has 0 rings (SSSR count). The van der Waals surface area contributed by atoms with Crippen molar-refractivity contribution in [1.29, 1.82) is 0 Å². The molecule has 0 aliphatic heterocycles. The molecule has 0 aliphatic carbocycles. The normalized spacial score (nSPS) is 14.6. The third-order valence-electron chi connectivity index (χ3n) is 3.95. The molecule has 0 saturated heterocycles. The molecular formula is C22H38O. The van der Waals surface area contributed by atoms with Gasteiger partial charge in [0.15, 0.2) is 0 Å². The topological polar surface area (TPSA) is 9.23 Å². The molecule has 0 aromatic carbocycles. The minimum Gasteiger partial charge on any atom is -0.367 e. The molecule has 1 heteroatoms. The van der Waals surface area contributed by atoms with Gasteiger partial charge in [0.1, 0.15) is 0 Å². The van der Waals surface area contributed by atoms with E-state index in [1.807, 2.05) is 12.2 Å². The van der Waals surface area contributed by atoms with Crippen LogP contribution in [0.1, 0.15) is 68.2 Å². The van der Waals surface area contributed by atoms with Crippen LogP contribution >= 0.6 is 0 Å². The summed E-state index contributed by atoms with van der Waals surface area (Å²) in [6.45, 7) is 25.3. The SMILES string of the molecule is C=CC(C)(C)CC(C=C(C)C)OC(C=C(C)C)CC(C)(C)C=C. The maximum Gasteiger partial charge on any atom is 0.0774 e. The molecule has 0 aliphatic rings. The maximum absolute atomic E-state index is 6.50. The van der Waals surface area contributed by atoms with E-state index in [1.165, 1.54) is 11.1 Å². The summed E-state index contributed by atoms with van der Waals surface area (Å²) in [5.41, 5.74) is 2.68. The third kappa shape index (κ3) is 10.3. The monoisotopic (exact) mass is 318 g/mol. The molecule has 1 nitrogen and oxygen atoms in total. The van der Waals surface area contributed by atoms with Crippen molar-refractivity contribution in [3.8, 4) is 0 Å². The highest BCUT2D eigenvalue weighted by Crippen LogP contribution is 2.30. The van der Waals surface area contributed by atoms with E-state index in [0.29, 0.717) is 0 Å². The molecule has 0 fully saturated rings. The summed E-state index contributed by atoms with van der Waals surface area (Å²) in [5.74, 6) is 0. The Kier molecular flexibility index (Phi) is 8.84. The summed E-state index contributed by atoms with van der Waals surface area (Å²) in [6.07, 6.45) is 10.6. The number of rotatable bonds is 10. The van der Waals surface area contributed by atoms with E-state index >= 15 is 0 Å². The second-order valence-corrected chi connectivity index (χ2v) is 8.49. The zero-order valence-corrected chi connectivity index (χ0v) is 16.7. The van der Waals surface area contributed by atoms with Gasteiger partial charge < -0.3 is 4.74 Å². The highest BCUT2D eigenvalue weighted by Gasteiger charge is 2.25. The van der Waals surface area contributed by atoms with Crippen molar-refractivity contribution in [2.24, 2.45) is 10.8 Å². The standard InChI is InChI=1S/C22H38O/c1-11-21(7,8)15-19(13-17(3)4)23-20(14-18(5)6)16-22(9,10)12-2/h11-14,19-20H,1-2,15-16H2,3-10H3. The van der Waals surface area contributed by atoms with Crippen LogP contribution in [0.3, 0.4) is 0 Å². The van der Waals surface area contributed by atoms with E-state index in [1.54, 1.807) is 0 Å². The summed E-state index contributed by atoms with van der Waals surface area (Å²) >= 11 is 0. The molecule has 132 valence electrons. The van der Waals surface area contributed by atoms with Crippen LogP contribution in [0.4, 0.5) is 0 Å². The zero-order chi connectivity index (χ0) is 18.3. The fourth-order valence-corrected chi connectivity index (χ4v) is 2.46. The van der Waals surface area contributed by atoms with Gasteiger partial charge in [0.25, 0.3) is 0 Å². The Balaban J connectivity index is 5.34. The number of hydrogen-bond donors (Lipinski definition) is 0. The van der Waals surface area contributed by atoms with Crippen molar-refractivity contribution in [1.82, 2.24) is 0 Å². The molecule has 0 heterocycles. The van der Waals surface area contributed by atoms with Crippen LogP contribution in [-0.4, -0.2) is 12.2 Å². The molecule has 0 spiro atoms. The van der Waals surface area contributed by atoms with Crippen LogP contribution in [0.25, 0.3) is 0 Å². The molecular weight excluding hydrogens is 280 g/mol. The summed E-state index contributed by atoms with van der Waals surface area (Å²) in [4.78, 5) is 0. The van der Waals surface area contributed by atoms with E-state index < -0.39 is 0 Å². The first-order valence-electron chi connectivity index (χ1n) is 8.63. The number of allylic oxidation sites excluding steroid dienone is 4. The van der Waals surface area contributed by atoms with Crippen LogP contribution in [0.15, 0.2) is 48.6 Å². The lowest BCUT2D eigenvalue weighted by Gasteiger charge is -2.31. The fraction of sp³-hybridized carbons (Fsp3) is 0.636. The van der Waals surface area contributed by atoms with Gasteiger partial charge in [0.05, 0.1) is 12.2 Å². The summed E-state index contributed by atoms with van der Waals surface area (Å²) in [7, 11) is 0. The van der Waals surface area contributed by atoms with Gasteiger partial charge >= 0.3 is 0 Å². The highest BCUT2D eigenvalue weighted by atomic mass is 16.5. The van der Waals surface area contributed by atoms with Crippen molar-refractivity contribution in [3.63, 3.8) is 0 Å². The van der Waals surface area contributed by atoms with E-state index in [9.17, 15) is 0 Å². The quantitative estimate of drug-likeness (QED) is 0.399. The average Bonchev–Trinajstić information content (AvgIpc) is 2.36. The van der Waals surface area contributed by atoms with Gasteiger partial charge in [-0.15, -0.1) is 13.2 Å². The average molecular weight is 319 g/mol. The largest absolute Gasteiger partial charge is 0.367 e. The predicted octanol–water partition coefficient (Wildman–Crippen LogP) is 6.88. The van der Waals surface area contributed by atoms with Crippen LogP contribution in [-0.2, 0) is 4.74 Å². The Bertz CT molecular complexity index is 399. The molecule has 0 N–H and O–H groups in total. The molecule has 0 bridgehead atoms. The van der Waals surface area contributed by atoms with Gasteiger partial charge in [-0.3, -0.25) is 0 Å². The lowest BCUT2D eigenvalue weighted by Crippen LogP contribution is -2.28. The Labute approximate surface area is 145 Å². The first-order valence-corrected chi connectivity index (χ1v) is 8.63. The van der Waals surface area contributed by atoms with Crippen molar-refractivity contribution in [2.75, 3.05) is 0 Å². The molecule has 2 unspecified atom stereocenters. The smallest absolute Gasteiger partial charge is 0.0774 e.